The van der Waals surface area contributed by atoms with Gasteiger partial charge in [0.2, 0.25) is 0 Å². The van der Waals surface area contributed by atoms with Crippen molar-refractivity contribution in [1.29, 1.82) is 0 Å². The molecule has 24 heavy (non-hydrogen) atoms. The minimum Gasteiger partial charge on any atom is -0.478 e. The zero-order valence-corrected chi connectivity index (χ0v) is 15.4. The first kappa shape index (κ1) is 18.6. The molecule has 0 bridgehead atoms. The number of hydrogen-bond donors (Lipinski definition) is 1. The molecule has 1 N–H and O–H groups in total. The summed E-state index contributed by atoms with van der Waals surface area (Å²) in [6, 6.07) is 12.6. The van der Waals surface area contributed by atoms with Crippen LogP contribution in [0.15, 0.2) is 42.5 Å². The molecule has 2 aromatic rings. The molecule has 2 aromatic carbocycles. The van der Waals surface area contributed by atoms with Crippen LogP contribution in [-0.2, 0) is 16.6 Å². The Bertz CT molecular complexity index is 718. The van der Waals surface area contributed by atoms with Crippen LogP contribution in [0, 0.1) is 0 Å². The fraction of sp³-hybridized carbons (Fsp3) is 0.316. The topological polar surface area (TPSA) is 46.5 Å². The van der Waals surface area contributed by atoms with Gasteiger partial charge in [-0.05, 0) is 34.7 Å². The van der Waals surface area contributed by atoms with Gasteiger partial charge in [0.25, 0.3) is 0 Å². The Morgan fingerprint density at radius 1 is 1.12 bits per heavy atom. The SMILES string of the molecule is CC(C)(C)c1ccc(O[C@@H](Cc2cccc(Cl)c2Cl)C(=O)O)cc1. The molecule has 0 aromatic heterocycles. The van der Waals surface area contributed by atoms with Gasteiger partial charge >= 0.3 is 5.97 Å². The van der Waals surface area contributed by atoms with Crippen LogP contribution >= 0.6 is 23.2 Å². The molecule has 0 saturated heterocycles. The summed E-state index contributed by atoms with van der Waals surface area (Å²) < 4.78 is 5.64. The second-order valence-electron chi connectivity index (χ2n) is 6.64. The minimum absolute atomic E-state index is 0.0268. The quantitative estimate of drug-likeness (QED) is 0.773. The van der Waals surface area contributed by atoms with E-state index >= 15 is 0 Å². The van der Waals surface area contributed by atoms with Gasteiger partial charge in [0, 0.05) is 6.42 Å². The Kier molecular flexibility index (Phi) is 5.79. The van der Waals surface area contributed by atoms with Crippen LogP contribution in [0.4, 0.5) is 0 Å². The fourth-order valence-electron chi connectivity index (χ4n) is 2.28. The van der Waals surface area contributed by atoms with E-state index in [9.17, 15) is 9.90 Å². The maximum absolute atomic E-state index is 11.5. The number of benzene rings is 2. The highest BCUT2D eigenvalue weighted by atomic mass is 35.5. The third-order valence-corrected chi connectivity index (χ3v) is 4.57. The van der Waals surface area contributed by atoms with Crippen LogP contribution in [0.25, 0.3) is 0 Å². The summed E-state index contributed by atoms with van der Waals surface area (Å²) >= 11 is 12.1. The van der Waals surface area contributed by atoms with Crippen molar-refractivity contribution in [3.8, 4) is 5.75 Å². The van der Waals surface area contributed by atoms with Crippen molar-refractivity contribution in [2.75, 3.05) is 0 Å². The van der Waals surface area contributed by atoms with Crippen molar-refractivity contribution < 1.29 is 14.6 Å². The largest absolute Gasteiger partial charge is 0.478 e. The van der Waals surface area contributed by atoms with E-state index in [1.165, 1.54) is 0 Å². The lowest BCUT2D eigenvalue weighted by atomic mass is 9.87. The van der Waals surface area contributed by atoms with E-state index in [1.807, 2.05) is 12.1 Å². The molecule has 0 spiro atoms. The van der Waals surface area contributed by atoms with E-state index in [0.717, 1.165) is 5.56 Å². The Morgan fingerprint density at radius 3 is 2.29 bits per heavy atom. The molecule has 0 aliphatic heterocycles. The van der Waals surface area contributed by atoms with Gasteiger partial charge in [-0.1, -0.05) is 68.2 Å². The van der Waals surface area contributed by atoms with Gasteiger partial charge in [-0.15, -0.1) is 0 Å². The second-order valence-corrected chi connectivity index (χ2v) is 7.42. The molecule has 128 valence electrons. The number of hydrogen-bond acceptors (Lipinski definition) is 2. The number of carboxylic acid groups (broad SMARTS) is 1. The third kappa shape index (κ3) is 4.65. The van der Waals surface area contributed by atoms with Crippen molar-refractivity contribution >= 4 is 29.2 Å². The number of rotatable bonds is 5. The molecule has 0 unspecified atom stereocenters. The Hall–Kier alpha value is -1.71. The van der Waals surface area contributed by atoms with Crippen LogP contribution in [0.2, 0.25) is 10.0 Å². The van der Waals surface area contributed by atoms with Crippen LogP contribution in [0.1, 0.15) is 31.9 Å². The van der Waals surface area contributed by atoms with Crippen molar-refractivity contribution in [3.63, 3.8) is 0 Å². The summed E-state index contributed by atoms with van der Waals surface area (Å²) in [4.78, 5) is 11.5. The Balaban J connectivity index is 2.17. The van der Waals surface area contributed by atoms with Gasteiger partial charge in [0.1, 0.15) is 5.75 Å². The smallest absolute Gasteiger partial charge is 0.345 e. The highest BCUT2D eigenvalue weighted by Crippen LogP contribution is 2.28. The number of carboxylic acids is 1. The Morgan fingerprint density at radius 2 is 1.75 bits per heavy atom. The van der Waals surface area contributed by atoms with E-state index in [2.05, 4.69) is 20.8 Å². The first-order valence-corrected chi connectivity index (χ1v) is 8.37. The molecule has 0 saturated carbocycles. The van der Waals surface area contributed by atoms with E-state index in [1.54, 1.807) is 30.3 Å². The van der Waals surface area contributed by atoms with Gasteiger partial charge in [-0.2, -0.15) is 0 Å². The maximum Gasteiger partial charge on any atom is 0.345 e. The molecule has 0 amide bonds. The number of ether oxygens (including phenoxy) is 1. The first-order chi connectivity index (χ1) is 11.2. The molecule has 5 heteroatoms. The highest BCUT2D eigenvalue weighted by Gasteiger charge is 2.22. The predicted molar refractivity (Wildman–Crippen MR) is 97.4 cm³/mol. The van der Waals surface area contributed by atoms with Crippen LogP contribution in [0.3, 0.4) is 0 Å². The number of aliphatic carboxylic acids is 1. The molecule has 0 heterocycles. The van der Waals surface area contributed by atoms with Crippen molar-refractivity contribution in [3.05, 3.63) is 63.6 Å². The standard InChI is InChI=1S/C19H20Cl2O3/c1-19(2,3)13-7-9-14(10-8-13)24-16(18(22)23)11-12-5-4-6-15(20)17(12)21/h4-10,16H,11H2,1-3H3,(H,22,23)/t16-/m0/s1. The predicted octanol–water partition coefficient (Wildman–Crippen LogP) is 5.37. The monoisotopic (exact) mass is 366 g/mol. The van der Waals surface area contributed by atoms with Crippen molar-refractivity contribution in [2.24, 2.45) is 0 Å². The van der Waals surface area contributed by atoms with Crippen LogP contribution < -0.4 is 4.74 Å². The van der Waals surface area contributed by atoms with E-state index in [4.69, 9.17) is 27.9 Å². The molecular formula is C19H20Cl2O3. The van der Waals surface area contributed by atoms with Gasteiger partial charge in [-0.25, -0.2) is 4.79 Å². The summed E-state index contributed by atoms with van der Waals surface area (Å²) in [5, 5.41) is 10.2. The van der Waals surface area contributed by atoms with Gasteiger partial charge in [0.05, 0.1) is 10.0 Å². The average Bonchev–Trinajstić information content (AvgIpc) is 2.50. The van der Waals surface area contributed by atoms with Crippen LogP contribution in [0.5, 0.6) is 5.75 Å². The van der Waals surface area contributed by atoms with Gasteiger partial charge < -0.3 is 9.84 Å². The lowest BCUT2D eigenvalue weighted by Gasteiger charge is -2.20. The van der Waals surface area contributed by atoms with Crippen molar-refractivity contribution in [2.45, 2.75) is 38.7 Å². The van der Waals surface area contributed by atoms with Crippen molar-refractivity contribution in [1.82, 2.24) is 0 Å². The molecule has 1 atom stereocenters. The zero-order chi connectivity index (χ0) is 17.9. The molecule has 0 fully saturated rings. The third-order valence-electron chi connectivity index (χ3n) is 3.71. The summed E-state index contributed by atoms with van der Waals surface area (Å²) in [5.74, 6) is -0.542. The lowest BCUT2D eigenvalue weighted by Crippen LogP contribution is -2.29. The molecule has 0 aliphatic rings. The summed E-state index contributed by atoms with van der Waals surface area (Å²) in [5.41, 5.74) is 1.82. The second kappa shape index (κ2) is 7.45. The molecular weight excluding hydrogens is 347 g/mol. The molecule has 2 rings (SSSR count). The number of carbonyl (C=O) groups is 1. The molecule has 0 radical (unpaired) electrons. The summed E-state index contributed by atoms with van der Waals surface area (Å²) in [6.45, 7) is 6.35. The van der Waals surface area contributed by atoms with E-state index in [-0.39, 0.29) is 11.8 Å². The normalized spacial score (nSPS) is 12.7. The minimum atomic E-state index is -1.05. The maximum atomic E-state index is 11.5. The van der Waals surface area contributed by atoms with E-state index < -0.39 is 12.1 Å². The molecule has 3 nitrogen and oxygen atoms in total. The highest BCUT2D eigenvalue weighted by molar-refractivity contribution is 6.42. The van der Waals surface area contributed by atoms with Gasteiger partial charge in [-0.3, -0.25) is 0 Å². The number of halogens is 2. The van der Waals surface area contributed by atoms with E-state index in [0.29, 0.717) is 21.4 Å². The van der Waals surface area contributed by atoms with Crippen LogP contribution in [-0.4, -0.2) is 17.2 Å². The zero-order valence-electron chi connectivity index (χ0n) is 13.8. The summed E-state index contributed by atoms with van der Waals surface area (Å²) in [6.07, 6.45) is -0.906. The first-order valence-electron chi connectivity index (χ1n) is 7.61. The average molecular weight is 367 g/mol. The fourth-order valence-corrected chi connectivity index (χ4v) is 2.68. The summed E-state index contributed by atoms with van der Waals surface area (Å²) in [7, 11) is 0. The van der Waals surface area contributed by atoms with Gasteiger partial charge in [0.15, 0.2) is 6.10 Å². The Labute approximate surface area is 152 Å². The molecule has 0 aliphatic carbocycles. The lowest BCUT2D eigenvalue weighted by molar-refractivity contribution is -0.145.